The maximum absolute atomic E-state index is 6.25. The first-order valence-electron chi connectivity index (χ1n) is 13.9. The molecule has 4 heterocycles. The molecule has 0 bridgehead atoms. The Morgan fingerprint density at radius 3 is 2.82 bits per heavy atom. The van der Waals surface area contributed by atoms with E-state index >= 15 is 0 Å². The van der Waals surface area contributed by atoms with Crippen molar-refractivity contribution in [2.45, 2.75) is 46.0 Å². The van der Waals surface area contributed by atoms with Gasteiger partial charge in [-0.3, -0.25) is 4.40 Å². The highest BCUT2D eigenvalue weighted by molar-refractivity contribution is 5.89. The summed E-state index contributed by atoms with van der Waals surface area (Å²) in [5, 5.41) is 6.07. The summed E-state index contributed by atoms with van der Waals surface area (Å²) in [7, 11) is 2.18. The molecule has 0 saturated heterocycles. The molecule has 3 aromatic heterocycles. The summed E-state index contributed by atoms with van der Waals surface area (Å²) in [6.45, 7) is 6.55. The molecule has 4 aromatic rings. The Morgan fingerprint density at radius 2 is 1.95 bits per heavy atom. The summed E-state index contributed by atoms with van der Waals surface area (Å²) in [5.41, 5.74) is 12.9. The standard InChI is InChI=1S/C22H28N6.C10H11N/c1-3-13-27(2)14-6-9-19-26-20(21-22(23)24-12-15-28(19)21)18-11-10-16-7-4-5-8-17(16)25-18;1-8-2-4-9-6-7-11-10(9)5-3-8/h4-5,7-8,11-12,15,25H,3,6,9-10,13-14H2,1-2H3,(H2,23,24);2,4-7,11H,3H2,1H3. The minimum atomic E-state index is 0.515. The Hall–Kier alpha value is -4.10. The SMILES string of the molecule is CC1=CC=c2cc[nH]c2=CC1.CCCN(C)CCCc1nc(C2=CCc3ccccc3N2)c2c(N)nccn12. The van der Waals surface area contributed by atoms with E-state index < -0.39 is 0 Å². The molecule has 7 heteroatoms. The fourth-order valence-electron chi connectivity index (χ4n) is 5.15. The van der Waals surface area contributed by atoms with Crippen molar-refractivity contribution >= 4 is 34.9 Å². The molecule has 1 aliphatic carbocycles. The van der Waals surface area contributed by atoms with E-state index in [9.17, 15) is 0 Å². The third kappa shape index (κ3) is 6.15. The summed E-state index contributed by atoms with van der Waals surface area (Å²) < 4.78 is 2.10. The molecule has 39 heavy (non-hydrogen) atoms. The van der Waals surface area contributed by atoms with Crippen LogP contribution in [0, 0.1) is 0 Å². The minimum absolute atomic E-state index is 0.515. The van der Waals surface area contributed by atoms with Crippen LogP contribution in [0.15, 0.2) is 66.6 Å². The molecule has 0 unspecified atom stereocenters. The zero-order valence-electron chi connectivity index (χ0n) is 23.2. The molecule has 1 aromatic carbocycles. The van der Waals surface area contributed by atoms with Crippen LogP contribution >= 0.6 is 0 Å². The maximum Gasteiger partial charge on any atom is 0.150 e. The van der Waals surface area contributed by atoms with E-state index in [1.807, 2.05) is 18.5 Å². The van der Waals surface area contributed by atoms with Crippen molar-refractivity contribution in [2.75, 3.05) is 31.2 Å². The Bertz CT molecular complexity index is 1620. The number of aromatic amines is 1. The van der Waals surface area contributed by atoms with Gasteiger partial charge in [0.05, 0.1) is 5.70 Å². The monoisotopic (exact) mass is 521 g/mol. The van der Waals surface area contributed by atoms with E-state index in [4.69, 9.17) is 10.7 Å². The van der Waals surface area contributed by atoms with E-state index in [0.717, 1.165) is 67.2 Å². The molecule has 0 fully saturated rings. The lowest BCUT2D eigenvalue weighted by atomic mass is 10.0. The second-order valence-electron chi connectivity index (χ2n) is 10.4. The third-order valence-electron chi connectivity index (χ3n) is 7.26. The lowest BCUT2D eigenvalue weighted by Gasteiger charge is -2.18. The fourth-order valence-corrected chi connectivity index (χ4v) is 5.15. The van der Waals surface area contributed by atoms with Crippen LogP contribution < -0.4 is 21.6 Å². The number of nitrogens with two attached hydrogens (primary N) is 1. The number of fused-ring (bicyclic) bond motifs is 3. The number of nitrogen functional groups attached to an aromatic ring is 1. The number of rotatable bonds is 7. The molecule has 6 rings (SSSR count). The number of aryl methyl sites for hydroxylation is 1. The lowest BCUT2D eigenvalue weighted by Crippen LogP contribution is -2.21. The van der Waals surface area contributed by atoms with Gasteiger partial charge in [0.25, 0.3) is 0 Å². The van der Waals surface area contributed by atoms with Crippen molar-refractivity contribution in [2.24, 2.45) is 0 Å². The summed E-state index contributed by atoms with van der Waals surface area (Å²) in [4.78, 5) is 14.9. The predicted octanol–water partition coefficient (Wildman–Crippen LogP) is 4.52. The predicted molar refractivity (Wildman–Crippen MR) is 163 cm³/mol. The number of aromatic nitrogens is 4. The first-order chi connectivity index (χ1) is 19.0. The zero-order valence-corrected chi connectivity index (χ0v) is 23.2. The van der Waals surface area contributed by atoms with Crippen LogP contribution in [0.2, 0.25) is 0 Å². The Balaban J connectivity index is 0.000000233. The highest BCUT2D eigenvalue weighted by atomic mass is 15.1. The number of hydrogen-bond acceptors (Lipinski definition) is 5. The average Bonchev–Trinajstić information content (AvgIpc) is 3.51. The van der Waals surface area contributed by atoms with Gasteiger partial charge in [0.2, 0.25) is 0 Å². The van der Waals surface area contributed by atoms with E-state index in [2.05, 4.69) is 94.1 Å². The van der Waals surface area contributed by atoms with Crippen LogP contribution in [0.1, 0.15) is 50.2 Å². The fraction of sp³-hybridized carbons (Fsp3) is 0.312. The van der Waals surface area contributed by atoms with Gasteiger partial charge in [-0.05, 0) is 75.7 Å². The van der Waals surface area contributed by atoms with Gasteiger partial charge >= 0.3 is 0 Å². The summed E-state index contributed by atoms with van der Waals surface area (Å²) in [6.07, 6.45) is 19.5. The molecule has 4 N–H and O–H groups in total. The summed E-state index contributed by atoms with van der Waals surface area (Å²) in [5.74, 6) is 1.55. The number of nitrogens with zero attached hydrogens (tertiary/aromatic N) is 4. The van der Waals surface area contributed by atoms with Crippen molar-refractivity contribution in [1.29, 1.82) is 0 Å². The van der Waals surface area contributed by atoms with Crippen molar-refractivity contribution in [1.82, 2.24) is 24.3 Å². The Kier molecular flexibility index (Phi) is 8.27. The number of anilines is 2. The molecule has 1 aliphatic heterocycles. The quantitative estimate of drug-likeness (QED) is 0.333. The Morgan fingerprint density at radius 1 is 1.08 bits per heavy atom. The van der Waals surface area contributed by atoms with Gasteiger partial charge in [-0.15, -0.1) is 0 Å². The van der Waals surface area contributed by atoms with Crippen LogP contribution in [0.4, 0.5) is 11.5 Å². The van der Waals surface area contributed by atoms with Crippen LogP contribution in [-0.4, -0.2) is 44.4 Å². The molecule has 7 nitrogen and oxygen atoms in total. The van der Waals surface area contributed by atoms with Crippen molar-refractivity contribution in [3.05, 3.63) is 94.3 Å². The van der Waals surface area contributed by atoms with Crippen molar-refractivity contribution in [3.8, 4) is 0 Å². The van der Waals surface area contributed by atoms with E-state index in [0.29, 0.717) is 5.82 Å². The molecular weight excluding hydrogens is 482 g/mol. The van der Waals surface area contributed by atoms with Gasteiger partial charge < -0.3 is 20.9 Å². The first kappa shape index (κ1) is 26.5. The van der Waals surface area contributed by atoms with Crippen molar-refractivity contribution < 1.29 is 0 Å². The maximum atomic E-state index is 6.25. The number of imidazole rings is 1. The largest absolute Gasteiger partial charge is 0.382 e. The summed E-state index contributed by atoms with van der Waals surface area (Å²) >= 11 is 0. The first-order valence-corrected chi connectivity index (χ1v) is 13.9. The van der Waals surface area contributed by atoms with Gasteiger partial charge in [-0.2, -0.15) is 0 Å². The molecule has 0 radical (unpaired) electrons. The number of H-pyrrole nitrogens is 1. The highest BCUT2D eigenvalue weighted by Gasteiger charge is 2.20. The average molecular weight is 522 g/mol. The minimum Gasteiger partial charge on any atom is -0.382 e. The van der Waals surface area contributed by atoms with E-state index in [1.165, 1.54) is 28.1 Å². The van der Waals surface area contributed by atoms with Crippen molar-refractivity contribution in [3.63, 3.8) is 0 Å². The number of benzene rings is 1. The van der Waals surface area contributed by atoms with Gasteiger partial charge in [-0.25, -0.2) is 9.97 Å². The number of hydrogen-bond donors (Lipinski definition) is 3. The number of nitrogens with one attached hydrogen (secondary N) is 2. The molecule has 0 saturated carbocycles. The number of para-hydroxylation sites is 1. The lowest BCUT2D eigenvalue weighted by molar-refractivity contribution is 0.329. The van der Waals surface area contributed by atoms with Crippen LogP contribution in [0.25, 0.3) is 23.4 Å². The van der Waals surface area contributed by atoms with Gasteiger partial charge in [-0.1, -0.05) is 55.0 Å². The van der Waals surface area contributed by atoms with E-state index in [1.54, 1.807) is 6.20 Å². The van der Waals surface area contributed by atoms with Gasteiger partial charge in [0.15, 0.2) is 0 Å². The molecule has 0 atom stereocenters. The molecule has 0 amide bonds. The van der Waals surface area contributed by atoms with E-state index in [-0.39, 0.29) is 0 Å². The molecule has 202 valence electrons. The second-order valence-corrected chi connectivity index (χ2v) is 10.4. The van der Waals surface area contributed by atoms with Crippen LogP contribution in [0.3, 0.4) is 0 Å². The smallest absolute Gasteiger partial charge is 0.150 e. The Labute approximate surface area is 230 Å². The normalized spacial score (nSPS) is 14.1. The molecule has 0 spiro atoms. The molecule has 2 aliphatic rings. The third-order valence-corrected chi connectivity index (χ3v) is 7.26. The highest BCUT2D eigenvalue weighted by Crippen LogP contribution is 2.31. The number of allylic oxidation sites excluding steroid dienone is 3. The second kappa shape index (κ2) is 12.2. The van der Waals surface area contributed by atoms with Gasteiger partial charge in [0, 0.05) is 36.0 Å². The molecular formula is C32H39N7. The van der Waals surface area contributed by atoms with Crippen LogP contribution in [-0.2, 0) is 12.8 Å². The zero-order chi connectivity index (χ0) is 27.2. The topological polar surface area (TPSA) is 87.3 Å². The summed E-state index contributed by atoms with van der Waals surface area (Å²) in [6, 6.07) is 10.5. The van der Waals surface area contributed by atoms with Crippen LogP contribution in [0.5, 0.6) is 0 Å². The van der Waals surface area contributed by atoms with Gasteiger partial charge in [0.1, 0.15) is 22.9 Å².